The standard InChI is InChI=1S/C14H17N3O2/c1-16-6-8-17(9-7-16)13(14(18)19)12-4-2-11(10-15)3-5-12/h2-5,13H,6-9H2,1H3,(H,18,19)/t13-/m1/s1. The van der Waals surface area contributed by atoms with E-state index < -0.39 is 12.0 Å². The number of nitriles is 1. The normalized spacial score (nSPS) is 18.7. The number of hydrogen-bond donors (Lipinski definition) is 1. The van der Waals surface area contributed by atoms with Gasteiger partial charge in [0.05, 0.1) is 11.6 Å². The van der Waals surface area contributed by atoms with Gasteiger partial charge >= 0.3 is 5.97 Å². The molecule has 1 N–H and O–H groups in total. The third kappa shape index (κ3) is 3.11. The van der Waals surface area contributed by atoms with Crippen molar-refractivity contribution < 1.29 is 9.90 Å². The first-order valence-corrected chi connectivity index (χ1v) is 6.27. The van der Waals surface area contributed by atoms with Crippen LogP contribution >= 0.6 is 0 Å². The minimum Gasteiger partial charge on any atom is -0.480 e. The number of aliphatic carboxylic acids is 1. The number of carboxylic acid groups (broad SMARTS) is 1. The highest BCUT2D eigenvalue weighted by Gasteiger charge is 2.29. The van der Waals surface area contributed by atoms with Gasteiger partial charge in [-0.1, -0.05) is 12.1 Å². The number of nitrogens with zero attached hydrogens (tertiary/aromatic N) is 3. The van der Waals surface area contributed by atoms with Gasteiger partial charge < -0.3 is 10.0 Å². The van der Waals surface area contributed by atoms with Crippen molar-refractivity contribution >= 4 is 5.97 Å². The van der Waals surface area contributed by atoms with E-state index in [1.807, 2.05) is 18.0 Å². The maximum absolute atomic E-state index is 11.5. The Balaban J connectivity index is 2.20. The second kappa shape index (κ2) is 5.83. The topological polar surface area (TPSA) is 67.6 Å². The lowest BCUT2D eigenvalue weighted by Gasteiger charge is -2.36. The van der Waals surface area contributed by atoms with Crippen LogP contribution in [0.1, 0.15) is 17.2 Å². The smallest absolute Gasteiger partial charge is 0.325 e. The van der Waals surface area contributed by atoms with Crippen LogP contribution in [-0.2, 0) is 4.79 Å². The van der Waals surface area contributed by atoms with Gasteiger partial charge in [-0.05, 0) is 24.7 Å². The molecule has 1 aliphatic heterocycles. The van der Waals surface area contributed by atoms with E-state index in [0.29, 0.717) is 5.56 Å². The van der Waals surface area contributed by atoms with Crippen LogP contribution < -0.4 is 0 Å². The molecule has 0 saturated carbocycles. The van der Waals surface area contributed by atoms with Gasteiger partial charge in [-0.15, -0.1) is 0 Å². The van der Waals surface area contributed by atoms with Crippen molar-refractivity contribution in [2.75, 3.05) is 33.2 Å². The molecule has 1 aromatic rings. The van der Waals surface area contributed by atoms with Gasteiger partial charge in [0.25, 0.3) is 0 Å². The molecule has 5 nitrogen and oxygen atoms in total. The Morgan fingerprint density at radius 3 is 2.32 bits per heavy atom. The van der Waals surface area contributed by atoms with Gasteiger partial charge in [-0.25, -0.2) is 0 Å². The Morgan fingerprint density at radius 1 is 1.26 bits per heavy atom. The van der Waals surface area contributed by atoms with E-state index in [9.17, 15) is 9.90 Å². The molecule has 0 aromatic heterocycles. The van der Waals surface area contributed by atoms with Crippen LogP contribution in [0.4, 0.5) is 0 Å². The SMILES string of the molecule is CN1CCN([C@@H](C(=O)O)c2ccc(C#N)cc2)CC1. The molecule has 0 amide bonds. The van der Waals surface area contributed by atoms with E-state index >= 15 is 0 Å². The Hall–Kier alpha value is -1.90. The summed E-state index contributed by atoms with van der Waals surface area (Å²) >= 11 is 0. The van der Waals surface area contributed by atoms with Crippen LogP contribution in [-0.4, -0.2) is 54.1 Å². The number of rotatable bonds is 3. The minimum atomic E-state index is -0.839. The first-order valence-electron chi connectivity index (χ1n) is 6.27. The molecule has 2 rings (SSSR count). The molecule has 100 valence electrons. The summed E-state index contributed by atoms with van der Waals surface area (Å²) in [4.78, 5) is 15.7. The fourth-order valence-electron chi connectivity index (χ4n) is 2.33. The summed E-state index contributed by atoms with van der Waals surface area (Å²) in [7, 11) is 2.04. The van der Waals surface area contributed by atoms with Gasteiger partial charge in [0.15, 0.2) is 0 Å². The Labute approximate surface area is 112 Å². The van der Waals surface area contributed by atoms with Crippen LogP contribution in [0.15, 0.2) is 24.3 Å². The second-order valence-electron chi connectivity index (χ2n) is 4.81. The van der Waals surface area contributed by atoms with E-state index in [1.54, 1.807) is 24.3 Å². The van der Waals surface area contributed by atoms with Crippen LogP contribution in [0.2, 0.25) is 0 Å². The summed E-state index contributed by atoms with van der Waals surface area (Å²) in [6.45, 7) is 3.24. The van der Waals surface area contributed by atoms with Gasteiger partial charge in [-0.2, -0.15) is 5.26 Å². The van der Waals surface area contributed by atoms with Gasteiger partial charge in [0, 0.05) is 26.2 Å². The zero-order chi connectivity index (χ0) is 13.8. The summed E-state index contributed by atoms with van der Waals surface area (Å²) in [5.74, 6) is -0.839. The molecule has 1 saturated heterocycles. The molecular formula is C14H17N3O2. The molecule has 1 atom stereocenters. The van der Waals surface area contributed by atoms with E-state index in [0.717, 1.165) is 31.7 Å². The molecule has 1 fully saturated rings. The highest BCUT2D eigenvalue weighted by Crippen LogP contribution is 2.22. The highest BCUT2D eigenvalue weighted by atomic mass is 16.4. The predicted molar refractivity (Wildman–Crippen MR) is 70.6 cm³/mol. The van der Waals surface area contributed by atoms with E-state index in [2.05, 4.69) is 4.90 Å². The van der Waals surface area contributed by atoms with Crippen LogP contribution in [0.3, 0.4) is 0 Å². The molecule has 0 unspecified atom stereocenters. The van der Waals surface area contributed by atoms with Crippen molar-refractivity contribution in [3.8, 4) is 6.07 Å². The molecule has 0 spiro atoms. The molecule has 5 heteroatoms. The molecule has 1 aromatic carbocycles. The molecule has 0 radical (unpaired) electrons. The van der Waals surface area contributed by atoms with Crippen molar-refractivity contribution in [3.05, 3.63) is 35.4 Å². The van der Waals surface area contributed by atoms with Crippen molar-refractivity contribution in [2.45, 2.75) is 6.04 Å². The average Bonchev–Trinajstić information content (AvgIpc) is 2.42. The van der Waals surface area contributed by atoms with Crippen LogP contribution in [0, 0.1) is 11.3 Å². The fraction of sp³-hybridized carbons (Fsp3) is 0.429. The van der Waals surface area contributed by atoms with Crippen LogP contribution in [0.25, 0.3) is 0 Å². The molecular weight excluding hydrogens is 242 g/mol. The van der Waals surface area contributed by atoms with Crippen LogP contribution in [0.5, 0.6) is 0 Å². The quantitative estimate of drug-likeness (QED) is 0.874. The number of likely N-dealkylation sites (N-methyl/N-ethyl adjacent to an activating group) is 1. The zero-order valence-electron chi connectivity index (χ0n) is 10.9. The number of carboxylic acids is 1. The maximum Gasteiger partial charge on any atom is 0.325 e. The number of carbonyl (C=O) groups is 1. The van der Waals surface area contributed by atoms with E-state index in [4.69, 9.17) is 5.26 Å². The second-order valence-corrected chi connectivity index (χ2v) is 4.81. The number of piperazine rings is 1. The molecule has 1 aliphatic rings. The molecule has 0 bridgehead atoms. The lowest BCUT2D eigenvalue weighted by molar-refractivity contribution is -0.144. The van der Waals surface area contributed by atoms with Gasteiger partial charge in [-0.3, -0.25) is 9.69 Å². The summed E-state index contributed by atoms with van der Waals surface area (Å²) in [5.41, 5.74) is 1.28. The largest absolute Gasteiger partial charge is 0.480 e. The van der Waals surface area contributed by atoms with Crippen molar-refractivity contribution in [1.82, 2.24) is 9.80 Å². The van der Waals surface area contributed by atoms with Gasteiger partial charge in [0.2, 0.25) is 0 Å². The van der Waals surface area contributed by atoms with E-state index in [1.165, 1.54) is 0 Å². The predicted octanol–water partition coefficient (Wildman–Crippen LogP) is 0.931. The first-order chi connectivity index (χ1) is 9.11. The van der Waals surface area contributed by atoms with Crippen molar-refractivity contribution in [3.63, 3.8) is 0 Å². The molecule has 19 heavy (non-hydrogen) atoms. The van der Waals surface area contributed by atoms with E-state index in [-0.39, 0.29) is 0 Å². The summed E-state index contributed by atoms with van der Waals surface area (Å²) in [5, 5.41) is 18.2. The highest BCUT2D eigenvalue weighted by molar-refractivity contribution is 5.75. The third-order valence-electron chi connectivity index (χ3n) is 3.49. The lowest BCUT2D eigenvalue weighted by Crippen LogP contribution is -2.47. The molecule has 1 heterocycles. The first kappa shape index (κ1) is 13.5. The fourth-order valence-corrected chi connectivity index (χ4v) is 2.33. The summed E-state index contributed by atoms with van der Waals surface area (Å²) in [6, 6.07) is 8.22. The van der Waals surface area contributed by atoms with Gasteiger partial charge in [0.1, 0.15) is 6.04 Å². The molecule has 0 aliphatic carbocycles. The third-order valence-corrected chi connectivity index (χ3v) is 3.49. The lowest BCUT2D eigenvalue weighted by atomic mass is 10.0. The Kier molecular flexibility index (Phi) is 4.15. The summed E-state index contributed by atoms with van der Waals surface area (Å²) < 4.78 is 0. The zero-order valence-corrected chi connectivity index (χ0v) is 10.9. The Bertz CT molecular complexity index is 484. The average molecular weight is 259 g/mol. The number of hydrogen-bond acceptors (Lipinski definition) is 4. The van der Waals surface area contributed by atoms with Crippen molar-refractivity contribution in [2.24, 2.45) is 0 Å². The maximum atomic E-state index is 11.5. The number of benzene rings is 1. The monoisotopic (exact) mass is 259 g/mol. The Morgan fingerprint density at radius 2 is 1.84 bits per heavy atom. The summed E-state index contributed by atoms with van der Waals surface area (Å²) in [6.07, 6.45) is 0. The minimum absolute atomic E-state index is 0.547. The van der Waals surface area contributed by atoms with Crippen molar-refractivity contribution in [1.29, 1.82) is 5.26 Å².